The van der Waals surface area contributed by atoms with Crippen LogP contribution in [0.15, 0.2) is 30.3 Å². The predicted molar refractivity (Wildman–Crippen MR) is 101 cm³/mol. The van der Waals surface area contributed by atoms with Gasteiger partial charge in [0.05, 0.1) is 28.8 Å². The van der Waals surface area contributed by atoms with E-state index in [9.17, 15) is 14.9 Å². The van der Waals surface area contributed by atoms with Crippen molar-refractivity contribution in [2.75, 3.05) is 7.05 Å². The standard InChI is InChI=1S/C22H18N4O2/c1-13(26-12-16-4-3-14(9-23)8-19(16)21(26)27)5-15-6-17(10-24)20-18(7-15)11-25(2)22(20)28/h3-4,6-8,13H,5,11-12H2,1-2H3. The fourth-order valence-electron chi connectivity index (χ4n) is 4.07. The number of amides is 2. The van der Waals surface area contributed by atoms with Crippen molar-refractivity contribution in [2.24, 2.45) is 0 Å². The highest BCUT2D eigenvalue weighted by molar-refractivity contribution is 6.00. The molecule has 0 N–H and O–H groups in total. The average molecular weight is 370 g/mol. The highest BCUT2D eigenvalue weighted by atomic mass is 16.2. The molecule has 28 heavy (non-hydrogen) atoms. The van der Waals surface area contributed by atoms with Crippen molar-refractivity contribution in [3.63, 3.8) is 0 Å². The molecule has 6 nitrogen and oxygen atoms in total. The zero-order chi connectivity index (χ0) is 20.0. The minimum absolute atomic E-state index is 0.0730. The molecule has 1 atom stereocenters. The Morgan fingerprint density at radius 3 is 2.54 bits per heavy atom. The second-order valence-electron chi connectivity index (χ2n) is 7.42. The summed E-state index contributed by atoms with van der Waals surface area (Å²) in [5.74, 6) is -0.194. The molecule has 4 rings (SSSR count). The Morgan fingerprint density at radius 1 is 1.04 bits per heavy atom. The van der Waals surface area contributed by atoms with Crippen molar-refractivity contribution in [1.29, 1.82) is 10.5 Å². The molecule has 2 aromatic rings. The van der Waals surface area contributed by atoms with Gasteiger partial charge >= 0.3 is 0 Å². The summed E-state index contributed by atoms with van der Waals surface area (Å²) in [7, 11) is 1.72. The topological polar surface area (TPSA) is 88.2 Å². The van der Waals surface area contributed by atoms with Gasteiger partial charge in [-0.2, -0.15) is 10.5 Å². The number of hydrogen-bond acceptors (Lipinski definition) is 4. The molecular weight excluding hydrogens is 352 g/mol. The third-order valence-corrected chi connectivity index (χ3v) is 5.50. The first-order valence-electron chi connectivity index (χ1n) is 9.08. The maximum atomic E-state index is 12.8. The van der Waals surface area contributed by atoms with Gasteiger partial charge in [-0.3, -0.25) is 9.59 Å². The minimum atomic E-state index is -0.121. The number of hydrogen-bond donors (Lipinski definition) is 0. The Labute approximate surface area is 163 Å². The Kier molecular flexibility index (Phi) is 4.13. The lowest BCUT2D eigenvalue weighted by atomic mass is 9.96. The molecule has 0 aromatic heterocycles. The monoisotopic (exact) mass is 370 g/mol. The molecule has 0 bridgehead atoms. The molecule has 0 saturated carbocycles. The smallest absolute Gasteiger partial charge is 0.255 e. The van der Waals surface area contributed by atoms with Crippen LogP contribution in [0.1, 0.15) is 55.5 Å². The molecule has 0 spiro atoms. The number of carbonyl (C=O) groups is 2. The fraction of sp³-hybridized carbons (Fsp3) is 0.273. The maximum Gasteiger partial charge on any atom is 0.255 e. The fourth-order valence-corrected chi connectivity index (χ4v) is 4.07. The summed E-state index contributed by atoms with van der Waals surface area (Å²) in [4.78, 5) is 28.4. The molecule has 1 unspecified atom stereocenters. The van der Waals surface area contributed by atoms with Gasteiger partial charge in [0.2, 0.25) is 0 Å². The Hall–Kier alpha value is -3.64. The number of rotatable bonds is 3. The van der Waals surface area contributed by atoms with Crippen LogP contribution in [0.2, 0.25) is 0 Å². The van der Waals surface area contributed by atoms with Crippen LogP contribution in [-0.4, -0.2) is 34.7 Å². The summed E-state index contributed by atoms with van der Waals surface area (Å²) < 4.78 is 0. The average Bonchev–Trinajstić information content (AvgIpc) is 3.17. The van der Waals surface area contributed by atoms with Crippen LogP contribution in [0.25, 0.3) is 0 Å². The van der Waals surface area contributed by atoms with Gasteiger partial charge < -0.3 is 9.80 Å². The quantitative estimate of drug-likeness (QED) is 0.831. The largest absolute Gasteiger partial charge is 0.337 e. The third kappa shape index (κ3) is 2.71. The highest BCUT2D eigenvalue weighted by Gasteiger charge is 2.32. The van der Waals surface area contributed by atoms with Crippen molar-refractivity contribution in [3.8, 4) is 12.1 Å². The van der Waals surface area contributed by atoms with E-state index >= 15 is 0 Å². The van der Waals surface area contributed by atoms with E-state index in [1.165, 1.54) is 0 Å². The molecule has 6 heteroatoms. The molecule has 2 aliphatic rings. The normalized spacial score (nSPS) is 15.9. The van der Waals surface area contributed by atoms with E-state index < -0.39 is 0 Å². The molecular formula is C22H18N4O2. The van der Waals surface area contributed by atoms with E-state index in [-0.39, 0.29) is 17.9 Å². The number of nitrogens with zero attached hydrogens (tertiary/aromatic N) is 4. The van der Waals surface area contributed by atoms with E-state index in [1.807, 2.05) is 19.1 Å². The van der Waals surface area contributed by atoms with Crippen molar-refractivity contribution < 1.29 is 9.59 Å². The highest BCUT2D eigenvalue weighted by Crippen LogP contribution is 2.29. The first kappa shape index (κ1) is 17.8. The van der Waals surface area contributed by atoms with Crippen LogP contribution in [-0.2, 0) is 19.5 Å². The van der Waals surface area contributed by atoms with E-state index in [2.05, 4.69) is 12.1 Å². The van der Waals surface area contributed by atoms with Gasteiger partial charge in [0.1, 0.15) is 0 Å². The van der Waals surface area contributed by atoms with E-state index in [4.69, 9.17) is 5.26 Å². The van der Waals surface area contributed by atoms with E-state index in [0.717, 1.165) is 16.7 Å². The van der Waals surface area contributed by atoms with Crippen molar-refractivity contribution in [1.82, 2.24) is 9.80 Å². The molecule has 0 aliphatic carbocycles. The zero-order valence-electron chi connectivity index (χ0n) is 15.7. The molecule has 2 aromatic carbocycles. The first-order valence-corrected chi connectivity index (χ1v) is 9.08. The SMILES string of the molecule is CC(Cc1cc(C#N)c2c(c1)CN(C)C2=O)N1Cc2ccc(C#N)cc2C1=O. The van der Waals surface area contributed by atoms with Crippen LogP contribution in [0.4, 0.5) is 0 Å². The molecule has 2 amide bonds. The van der Waals surface area contributed by atoms with Crippen LogP contribution < -0.4 is 0 Å². The van der Waals surface area contributed by atoms with Crippen LogP contribution in [0.5, 0.6) is 0 Å². The van der Waals surface area contributed by atoms with E-state index in [0.29, 0.717) is 41.8 Å². The lowest BCUT2D eigenvalue weighted by molar-refractivity contribution is 0.0716. The van der Waals surface area contributed by atoms with Crippen LogP contribution in [0.3, 0.4) is 0 Å². The number of benzene rings is 2. The van der Waals surface area contributed by atoms with E-state index in [1.54, 1.807) is 35.0 Å². The predicted octanol–water partition coefficient (Wildman–Crippen LogP) is 2.60. The van der Waals surface area contributed by atoms with Crippen LogP contribution >= 0.6 is 0 Å². The van der Waals surface area contributed by atoms with Crippen molar-refractivity contribution >= 4 is 11.8 Å². The van der Waals surface area contributed by atoms with Crippen molar-refractivity contribution in [3.05, 3.63) is 69.3 Å². The molecule has 2 aliphatic heterocycles. The second-order valence-corrected chi connectivity index (χ2v) is 7.42. The lowest BCUT2D eigenvalue weighted by Crippen LogP contribution is -2.34. The summed E-state index contributed by atoms with van der Waals surface area (Å²) in [6.07, 6.45) is 0.588. The third-order valence-electron chi connectivity index (χ3n) is 5.50. The molecule has 0 fully saturated rings. The summed E-state index contributed by atoms with van der Waals surface area (Å²) in [5.41, 5.74) is 4.68. The lowest BCUT2D eigenvalue weighted by Gasteiger charge is -2.24. The van der Waals surface area contributed by atoms with Crippen LogP contribution in [0, 0.1) is 22.7 Å². The number of fused-ring (bicyclic) bond motifs is 2. The molecule has 0 radical (unpaired) electrons. The number of carbonyl (C=O) groups excluding carboxylic acids is 2. The van der Waals surface area contributed by atoms with Gasteiger partial charge in [0.25, 0.3) is 11.8 Å². The summed E-state index contributed by atoms with van der Waals surface area (Å²) in [6.45, 7) is 2.99. The van der Waals surface area contributed by atoms with Gasteiger partial charge in [-0.15, -0.1) is 0 Å². The Balaban J connectivity index is 1.59. The van der Waals surface area contributed by atoms with Gasteiger partial charge in [-0.1, -0.05) is 12.1 Å². The number of nitriles is 2. The van der Waals surface area contributed by atoms with Gasteiger partial charge in [0.15, 0.2) is 0 Å². The molecule has 138 valence electrons. The van der Waals surface area contributed by atoms with Gasteiger partial charge in [-0.25, -0.2) is 0 Å². The zero-order valence-corrected chi connectivity index (χ0v) is 15.7. The molecule has 2 heterocycles. The van der Waals surface area contributed by atoms with Crippen molar-refractivity contribution in [2.45, 2.75) is 32.5 Å². The summed E-state index contributed by atoms with van der Waals surface area (Å²) in [5, 5.41) is 18.5. The first-order chi connectivity index (χ1) is 13.4. The summed E-state index contributed by atoms with van der Waals surface area (Å²) in [6, 6.07) is 13.1. The van der Waals surface area contributed by atoms with Gasteiger partial charge in [-0.05, 0) is 48.2 Å². The Morgan fingerprint density at radius 2 is 1.82 bits per heavy atom. The summed E-state index contributed by atoms with van der Waals surface area (Å²) >= 11 is 0. The Bertz CT molecular complexity index is 1110. The molecule has 0 saturated heterocycles. The minimum Gasteiger partial charge on any atom is -0.337 e. The maximum absolute atomic E-state index is 12.8. The second kappa shape index (κ2) is 6.51. The van der Waals surface area contributed by atoms with Gasteiger partial charge in [0, 0.05) is 31.7 Å².